The predicted octanol–water partition coefficient (Wildman–Crippen LogP) is 2.40. The van der Waals surface area contributed by atoms with Gasteiger partial charge in [-0.3, -0.25) is 4.90 Å². The second kappa shape index (κ2) is 5.94. The molecule has 1 aromatic rings. The van der Waals surface area contributed by atoms with Crippen LogP contribution in [0, 0.1) is 12.8 Å². The first kappa shape index (κ1) is 13.0. The van der Waals surface area contributed by atoms with E-state index in [-0.39, 0.29) is 0 Å². The number of thiazole rings is 1. The third kappa shape index (κ3) is 3.06. The SMILES string of the molecule is CCC1CCN(Cc2scnc2C)C(CN)C1. The number of hydrogen-bond donors (Lipinski definition) is 1. The first-order chi connectivity index (χ1) is 8.24. The molecule has 1 aliphatic heterocycles. The molecule has 4 heteroatoms. The van der Waals surface area contributed by atoms with Crippen molar-refractivity contribution in [2.45, 2.75) is 45.7 Å². The summed E-state index contributed by atoms with van der Waals surface area (Å²) in [6, 6.07) is 0.565. The van der Waals surface area contributed by atoms with Crippen molar-refractivity contribution in [3.8, 4) is 0 Å². The Morgan fingerprint density at radius 3 is 3.00 bits per heavy atom. The predicted molar refractivity (Wildman–Crippen MR) is 73.1 cm³/mol. The van der Waals surface area contributed by atoms with E-state index >= 15 is 0 Å². The zero-order valence-electron chi connectivity index (χ0n) is 10.9. The summed E-state index contributed by atoms with van der Waals surface area (Å²) in [5.74, 6) is 0.877. The molecule has 96 valence electrons. The largest absolute Gasteiger partial charge is 0.329 e. The van der Waals surface area contributed by atoms with Crippen LogP contribution in [0.25, 0.3) is 0 Å². The molecule has 3 nitrogen and oxygen atoms in total. The molecular formula is C13H23N3S. The molecule has 0 bridgehead atoms. The maximum atomic E-state index is 5.92. The Morgan fingerprint density at radius 1 is 1.59 bits per heavy atom. The van der Waals surface area contributed by atoms with E-state index in [1.165, 1.54) is 36.4 Å². The Morgan fingerprint density at radius 2 is 2.41 bits per heavy atom. The molecule has 0 aliphatic carbocycles. The van der Waals surface area contributed by atoms with E-state index in [9.17, 15) is 0 Å². The lowest BCUT2D eigenvalue weighted by atomic mass is 9.89. The molecule has 2 rings (SSSR count). The van der Waals surface area contributed by atoms with Crippen LogP contribution in [0.2, 0.25) is 0 Å². The van der Waals surface area contributed by atoms with Crippen molar-refractivity contribution in [3.63, 3.8) is 0 Å². The molecule has 1 aliphatic rings. The van der Waals surface area contributed by atoms with E-state index in [1.54, 1.807) is 11.3 Å². The van der Waals surface area contributed by atoms with Crippen molar-refractivity contribution in [3.05, 3.63) is 16.1 Å². The van der Waals surface area contributed by atoms with Gasteiger partial charge in [-0.1, -0.05) is 13.3 Å². The Balaban J connectivity index is 1.98. The van der Waals surface area contributed by atoms with Crippen molar-refractivity contribution >= 4 is 11.3 Å². The first-order valence-corrected chi connectivity index (χ1v) is 7.45. The van der Waals surface area contributed by atoms with Crippen LogP contribution < -0.4 is 5.73 Å². The van der Waals surface area contributed by atoms with E-state index in [0.717, 1.165) is 19.0 Å². The van der Waals surface area contributed by atoms with Crippen LogP contribution in [0.15, 0.2) is 5.51 Å². The highest BCUT2D eigenvalue weighted by atomic mass is 32.1. The lowest BCUT2D eigenvalue weighted by Gasteiger charge is -2.38. The normalized spacial score (nSPS) is 26.3. The lowest BCUT2D eigenvalue weighted by molar-refractivity contribution is 0.108. The first-order valence-electron chi connectivity index (χ1n) is 6.57. The summed E-state index contributed by atoms with van der Waals surface area (Å²) < 4.78 is 0. The summed E-state index contributed by atoms with van der Waals surface area (Å²) in [5, 5.41) is 0. The number of nitrogens with two attached hydrogens (primary N) is 1. The van der Waals surface area contributed by atoms with Gasteiger partial charge in [0.05, 0.1) is 11.2 Å². The van der Waals surface area contributed by atoms with Crippen LogP contribution in [0.1, 0.15) is 36.8 Å². The Labute approximate surface area is 108 Å². The molecule has 0 spiro atoms. The number of aromatic nitrogens is 1. The maximum absolute atomic E-state index is 5.92. The summed E-state index contributed by atoms with van der Waals surface area (Å²) in [6.07, 6.45) is 3.89. The smallest absolute Gasteiger partial charge is 0.0798 e. The molecular weight excluding hydrogens is 230 g/mol. The third-order valence-electron chi connectivity index (χ3n) is 3.99. The number of nitrogens with zero attached hydrogens (tertiary/aromatic N) is 2. The number of hydrogen-bond acceptors (Lipinski definition) is 4. The molecule has 1 aromatic heterocycles. The fraction of sp³-hybridized carbons (Fsp3) is 0.769. The average Bonchev–Trinajstić information content (AvgIpc) is 2.75. The Bertz CT molecular complexity index is 350. The standard InChI is InChI=1S/C13H23N3S/c1-3-11-4-5-16(12(6-11)7-14)8-13-10(2)15-9-17-13/h9,11-12H,3-8,14H2,1-2H3. The summed E-state index contributed by atoms with van der Waals surface area (Å²) >= 11 is 1.77. The van der Waals surface area contributed by atoms with Crippen LogP contribution >= 0.6 is 11.3 Å². The van der Waals surface area contributed by atoms with Crippen LogP contribution in [0.3, 0.4) is 0 Å². The molecule has 0 aromatic carbocycles. The van der Waals surface area contributed by atoms with Gasteiger partial charge in [-0.25, -0.2) is 4.98 Å². The van der Waals surface area contributed by atoms with Gasteiger partial charge < -0.3 is 5.73 Å². The average molecular weight is 253 g/mol. The second-order valence-corrected chi connectivity index (χ2v) is 5.96. The summed E-state index contributed by atoms with van der Waals surface area (Å²) in [4.78, 5) is 8.27. The van der Waals surface area contributed by atoms with Crippen molar-refractivity contribution in [1.29, 1.82) is 0 Å². The lowest BCUT2D eigenvalue weighted by Crippen LogP contribution is -2.45. The van der Waals surface area contributed by atoms with Gasteiger partial charge >= 0.3 is 0 Å². The number of piperidine rings is 1. The van der Waals surface area contributed by atoms with Gasteiger partial charge in [0.25, 0.3) is 0 Å². The molecule has 2 N–H and O–H groups in total. The van der Waals surface area contributed by atoms with E-state index < -0.39 is 0 Å². The number of rotatable bonds is 4. The minimum absolute atomic E-state index is 0.565. The molecule has 0 radical (unpaired) electrons. The topological polar surface area (TPSA) is 42.2 Å². The van der Waals surface area contributed by atoms with Crippen molar-refractivity contribution in [1.82, 2.24) is 9.88 Å². The van der Waals surface area contributed by atoms with E-state index in [4.69, 9.17) is 5.73 Å². The van der Waals surface area contributed by atoms with Crippen molar-refractivity contribution < 1.29 is 0 Å². The zero-order chi connectivity index (χ0) is 12.3. The maximum Gasteiger partial charge on any atom is 0.0798 e. The second-order valence-electron chi connectivity index (χ2n) is 5.02. The van der Waals surface area contributed by atoms with Gasteiger partial charge in [0, 0.05) is 24.0 Å². The minimum Gasteiger partial charge on any atom is -0.329 e. The van der Waals surface area contributed by atoms with Crippen LogP contribution in [0.4, 0.5) is 0 Å². The molecule has 2 unspecified atom stereocenters. The highest BCUT2D eigenvalue weighted by Crippen LogP contribution is 2.27. The van der Waals surface area contributed by atoms with Crippen LogP contribution in [-0.2, 0) is 6.54 Å². The summed E-state index contributed by atoms with van der Waals surface area (Å²) in [5.41, 5.74) is 9.05. The summed E-state index contributed by atoms with van der Waals surface area (Å²) in [6.45, 7) is 7.41. The van der Waals surface area contributed by atoms with E-state index in [0.29, 0.717) is 6.04 Å². The Kier molecular flexibility index (Phi) is 4.54. The van der Waals surface area contributed by atoms with Gasteiger partial charge in [-0.05, 0) is 32.2 Å². The van der Waals surface area contributed by atoms with Gasteiger partial charge in [0.1, 0.15) is 0 Å². The molecule has 2 atom stereocenters. The van der Waals surface area contributed by atoms with Crippen molar-refractivity contribution in [2.24, 2.45) is 11.7 Å². The quantitative estimate of drug-likeness (QED) is 0.896. The third-order valence-corrected chi connectivity index (χ3v) is 4.91. The number of likely N-dealkylation sites (tertiary alicyclic amines) is 1. The van der Waals surface area contributed by atoms with Gasteiger partial charge in [-0.15, -0.1) is 11.3 Å². The fourth-order valence-corrected chi connectivity index (χ4v) is 3.47. The molecule has 0 amide bonds. The molecule has 2 heterocycles. The van der Waals surface area contributed by atoms with Crippen LogP contribution in [-0.4, -0.2) is 29.0 Å². The highest BCUT2D eigenvalue weighted by Gasteiger charge is 2.27. The highest BCUT2D eigenvalue weighted by molar-refractivity contribution is 7.09. The Hall–Kier alpha value is -0.450. The monoisotopic (exact) mass is 253 g/mol. The van der Waals surface area contributed by atoms with Crippen LogP contribution in [0.5, 0.6) is 0 Å². The van der Waals surface area contributed by atoms with Crippen molar-refractivity contribution in [2.75, 3.05) is 13.1 Å². The molecule has 1 saturated heterocycles. The zero-order valence-corrected chi connectivity index (χ0v) is 11.7. The molecule has 0 saturated carbocycles. The fourth-order valence-electron chi connectivity index (χ4n) is 2.67. The molecule has 1 fully saturated rings. The van der Waals surface area contributed by atoms with Gasteiger partial charge in [0.15, 0.2) is 0 Å². The number of aryl methyl sites for hydroxylation is 1. The minimum atomic E-state index is 0.565. The van der Waals surface area contributed by atoms with Gasteiger partial charge in [0.2, 0.25) is 0 Å². The summed E-state index contributed by atoms with van der Waals surface area (Å²) in [7, 11) is 0. The van der Waals surface area contributed by atoms with E-state index in [1.807, 2.05) is 5.51 Å². The molecule has 17 heavy (non-hydrogen) atoms. The van der Waals surface area contributed by atoms with E-state index in [2.05, 4.69) is 23.7 Å². The van der Waals surface area contributed by atoms with Gasteiger partial charge in [-0.2, -0.15) is 0 Å².